The number of carbonyl (C=O) groups is 1. The minimum absolute atomic E-state index is 0.0727. The van der Waals surface area contributed by atoms with Crippen molar-refractivity contribution in [3.05, 3.63) is 23.8 Å². The van der Waals surface area contributed by atoms with Crippen molar-refractivity contribution in [3.63, 3.8) is 0 Å². The highest BCUT2D eigenvalue weighted by Crippen LogP contribution is 2.30. The fourth-order valence-electron chi connectivity index (χ4n) is 1.81. The highest BCUT2D eigenvalue weighted by Gasteiger charge is 2.15. The van der Waals surface area contributed by atoms with Crippen molar-refractivity contribution in [1.82, 2.24) is 5.32 Å². The maximum Gasteiger partial charge on any atom is 0.251 e. The van der Waals surface area contributed by atoms with Crippen LogP contribution in [-0.2, 0) is 0 Å². The SMILES string of the molecule is CC(C)(C)SCCNC(=O)c1ccc2c(c1)OCCO2. The van der Waals surface area contributed by atoms with Gasteiger partial charge in [-0.3, -0.25) is 4.79 Å². The van der Waals surface area contributed by atoms with E-state index in [0.29, 0.717) is 36.8 Å². The second-order valence-electron chi connectivity index (χ2n) is 5.58. The minimum atomic E-state index is -0.0727. The number of thioether (sulfide) groups is 1. The Bertz CT molecular complexity index is 482. The molecule has 1 aliphatic heterocycles. The number of hydrogen-bond donors (Lipinski definition) is 1. The molecule has 0 radical (unpaired) electrons. The molecule has 5 heteroatoms. The van der Waals surface area contributed by atoms with Gasteiger partial charge in [-0.25, -0.2) is 0 Å². The van der Waals surface area contributed by atoms with Gasteiger partial charge in [-0.05, 0) is 18.2 Å². The number of benzene rings is 1. The molecule has 0 unspecified atom stereocenters. The standard InChI is InChI=1S/C15H21NO3S/c1-15(2,3)20-9-6-16-14(17)11-4-5-12-13(10-11)19-8-7-18-12/h4-5,10H,6-9H2,1-3H3,(H,16,17). The fraction of sp³-hybridized carbons (Fsp3) is 0.533. The van der Waals surface area contributed by atoms with E-state index in [9.17, 15) is 4.79 Å². The van der Waals surface area contributed by atoms with Crippen LogP contribution >= 0.6 is 11.8 Å². The van der Waals surface area contributed by atoms with Crippen molar-refractivity contribution in [2.75, 3.05) is 25.5 Å². The minimum Gasteiger partial charge on any atom is -0.486 e. The number of amides is 1. The van der Waals surface area contributed by atoms with E-state index in [2.05, 4.69) is 26.1 Å². The van der Waals surface area contributed by atoms with Gasteiger partial charge in [0.2, 0.25) is 0 Å². The lowest BCUT2D eigenvalue weighted by atomic mass is 10.2. The first kappa shape index (κ1) is 15.0. The van der Waals surface area contributed by atoms with Gasteiger partial charge in [-0.1, -0.05) is 20.8 Å². The molecule has 1 aromatic carbocycles. The molecule has 0 aromatic heterocycles. The van der Waals surface area contributed by atoms with Crippen LogP contribution in [0.4, 0.5) is 0 Å². The quantitative estimate of drug-likeness (QED) is 0.868. The van der Waals surface area contributed by atoms with Crippen molar-refractivity contribution < 1.29 is 14.3 Å². The van der Waals surface area contributed by atoms with Crippen LogP contribution < -0.4 is 14.8 Å². The average Bonchev–Trinajstić information content (AvgIpc) is 2.42. The van der Waals surface area contributed by atoms with Crippen LogP contribution in [0.3, 0.4) is 0 Å². The molecule has 0 spiro atoms. The zero-order valence-electron chi connectivity index (χ0n) is 12.2. The van der Waals surface area contributed by atoms with Crippen molar-refractivity contribution in [2.45, 2.75) is 25.5 Å². The third-order valence-corrected chi connectivity index (χ3v) is 4.00. The Labute approximate surface area is 124 Å². The topological polar surface area (TPSA) is 47.6 Å². The molecular formula is C15H21NO3S. The van der Waals surface area contributed by atoms with Crippen molar-refractivity contribution in [3.8, 4) is 11.5 Å². The molecule has 1 aromatic rings. The summed E-state index contributed by atoms with van der Waals surface area (Å²) in [6.45, 7) is 8.25. The van der Waals surface area contributed by atoms with Gasteiger partial charge in [0.15, 0.2) is 11.5 Å². The van der Waals surface area contributed by atoms with Gasteiger partial charge < -0.3 is 14.8 Å². The molecule has 1 aliphatic rings. The Morgan fingerprint density at radius 2 is 1.95 bits per heavy atom. The second kappa shape index (κ2) is 6.39. The van der Waals surface area contributed by atoms with E-state index in [0.717, 1.165) is 5.75 Å². The van der Waals surface area contributed by atoms with E-state index < -0.39 is 0 Å². The Balaban J connectivity index is 1.86. The fourth-order valence-corrected chi connectivity index (χ4v) is 2.62. The smallest absolute Gasteiger partial charge is 0.251 e. The first-order chi connectivity index (χ1) is 9.46. The van der Waals surface area contributed by atoms with Gasteiger partial charge in [-0.15, -0.1) is 0 Å². The number of fused-ring (bicyclic) bond motifs is 1. The Morgan fingerprint density at radius 3 is 2.65 bits per heavy atom. The van der Waals surface area contributed by atoms with Gasteiger partial charge in [0.05, 0.1) is 0 Å². The molecule has 0 fully saturated rings. The van der Waals surface area contributed by atoms with E-state index in [1.807, 2.05) is 11.8 Å². The number of hydrogen-bond acceptors (Lipinski definition) is 4. The maximum absolute atomic E-state index is 12.0. The summed E-state index contributed by atoms with van der Waals surface area (Å²) in [5.74, 6) is 2.18. The van der Waals surface area contributed by atoms with E-state index in [1.54, 1.807) is 18.2 Å². The molecule has 0 aliphatic carbocycles. The molecule has 1 amide bonds. The van der Waals surface area contributed by atoms with Crippen LogP contribution in [0.5, 0.6) is 11.5 Å². The van der Waals surface area contributed by atoms with Crippen LogP contribution in [0.15, 0.2) is 18.2 Å². The van der Waals surface area contributed by atoms with Crippen molar-refractivity contribution in [1.29, 1.82) is 0 Å². The first-order valence-electron chi connectivity index (χ1n) is 6.77. The zero-order chi connectivity index (χ0) is 14.6. The molecule has 2 rings (SSSR count). The van der Waals surface area contributed by atoms with E-state index in [1.165, 1.54) is 0 Å². The molecular weight excluding hydrogens is 274 g/mol. The van der Waals surface area contributed by atoms with Crippen LogP contribution in [-0.4, -0.2) is 36.2 Å². The summed E-state index contributed by atoms with van der Waals surface area (Å²) in [6.07, 6.45) is 0. The first-order valence-corrected chi connectivity index (χ1v) is 7.76. The zero-order valence-corrected chi connectivity index (χ0v) is 13.0. The van der Waals surface area contributed by atoms with Crippen LogP contribution in [0.2, 0.25) is 0 Å². The summed E-state index contributed by atoms with van der Waals surface area (Å²) in [4.78, 5) is 12.0. The third-order valence-electron chi connectivity index (χ3n) is 2.73. The lowest BCUT2D eigenvalue weighted by Crippen LogP contribution is -2.27. The van der Waals surface area contributed by atoms with Crippen LogP contribution in [0, 0.1) is 0 Å². The lowest BCUT2D eigenvalue weighted by Gasteiger charge is -2.19. The van der Waals surface area contributed by atoms with Gasteiger partial charge in [0.1, 0.15) is 13.2 Å². The average molecular weight is 295 g/mol. The summed E-state index contributed by atoms with van der Waals surface area (Å²) in [6, 6.07) is 5.29. The summed E-state index contributed by atoms with van der Waals surface area (Å²) in [7, 11) is 0. The normalized spacial score (nSPS) is 13.9. The number of nitrogens with one attached hydrogen (secondary N) is 1. The van der Waals surface area contributed by atoms with E-state index >= 15 is 0 Å². The Kier molecular flexibility index (Phi) is 4.81. The van der Waals surface area contributed by atoms with Crippen molar-refractivity contribution >= 4 is 17.7 Å². The third kappa shape index (κ3) is 4.34. The lowest BCUT2D eigenvalue weighted by molar-refractivity contribution is 0.0955. The number of ether oxygens (including phenoxy) is 2. The van der Waals surface area contributed by atoms with Crippen molar-refractivity contribution in [2.24, 2.45) is 0 Å². The largest absolute Gasteiger partial charge is 0.486 e. The van der Waals surface area contributed by atoms with E-state index in [4.69, 9.17) is 9.47 Å². The summed E-state index contributed by atoms with van der Waals surface area (Å²) in [5, 5.41) is 2.92. The number of rotatable bonds is 4. The van der Waals surface area contributed by atoms with Gasteiger partial charge >= 0.3 is 0 Å². The Hall–Kier alpha value is -1.36. The van der Waals surface area contributed by atoms with Gasteiger partial charge in [0, 0.05) is 22.6 Å². The summed E-state index contributed by atoms with van der Waals surface area (Å²) >= 11 is 1.83. The predicted octanol–water partition coefficient (Wildman–Crippen LogP) is 2.72. The Morgan fingerprint density at radius 1 is 1.25 bits per heavy atom. The molecule has 1 N–H and O–H groups in total. The number of carbonyl (C=O) groups excluding carboxylic acids is 1. The molecule has 4 nitrogen and oxygen atoms in total. The highest BCUT2D eigenvalue weighted by atomic mass is 32.2. The molecule has 110 valence electrons. The molecule has 0 atom stereocenters. The maximum atomic E-state index is 12.0. The molecule has 1 heterocycles. The van der Waals surface area contributed by atoms with Crippen LogP contribution in [0.25, 0.3) is 0 Å². The summed E-state index contributed by atoms with van der Waals surface area (Å²) in [5.41, 5.74) is 0.606. The second-order valence-corrected chi connectivity index (χ2v) is 7.50. The molecule has 0 saturated heterocycles. The van der Waals surface area contributed by atoms with Crippen LogP contribution in [0.1, 0.15) is 31.1 Å². The van der Waals surface area contributed by atoms with E-state index in [-0.39, 0.29) is 10.7 Å². The highest BCUT2D eigenvalue weighted by molar-refractivity contribution is 8.00. The van der Waals surface area contributed by atoms with Gasteiger partial charge in [-0.2, -0.15) is 11.8 Å². The molecule has 20 heavy (non-hydrogen) atoms. The monoisotopic (exact) mass is 295 g/mol. The summed E-state index contributed by atoms with van der Waals surface area (Å²) < 4.78 is 11.1. The molecule has 0 bridgehead atoms. The predicted molar refractivity (Wildman–Crippen MR) is 82.0 cm³/mol. The van der Waals surface area contributed by atoms with Gasteiger partial charge in [0.25, 0.3) is 5.91 Å². The molecule has 0 saturated carbocycles.